The van der Waals surface area contributed by atoms with Crippen molar-refractivity contribution in [1.82, 2.24) is 4.90 Å². The van der Waals surface area contributed by atoms with Crippen LogP contribution in [0.3, 0.4) is 0 Å². The summed E-state index contributed by atoms with van der Waals surface area (Å²) in [4.78, 5) is 19.8. The highest BCUT2D eigenvalue weighted by atomic mass is 16.5. The summed E-state index contributed by atoms with van der Waals surface area (Å²) in [5, 5.41) is 0. The van der Waals surface area contributed by atoms with E-state index in [0.29, 0.717) is 35.8 Å². The molecule has 2 aliphatic heterocycles. The van der Waals surface area contributed by atoms with Crippen molar-refractivity contribution in [3.05, 3.63) is 89.6 Å². The number of carbonyl (C=O) groups is 1. The van der Waals surface area contributed by atoms with Crippen molar-refractivity contribution in [1.29, 1.82) is 0 Å². The van der Waals surface area contributed by atoms with Gasteiger partial charge in [-0.1, -0.05) is 42.5 Å². The van der Waals surface area contributed by atoms with Gasteiger partial charge in [-0.05, 0) is 34.9 Å². The van der Waals surface area contributed by atoms with Crippen molar-refractivity contribution in [2.24, 2.45) is 4.99 Å². The highest BCUT2D eigenvalue weighted by Crippen LogP contribution is 2.40. The number of nitrogens with zero attached hydrogens (tertiary/aromatic N) is 2. The van der Waals surface area contributed by atoms with E-state index in [0.717, 1.165) is 22.4 Å². The Morgan fingerprint density at radius 3 is 2.48 bits per heavy atom. The monoisotopic (exact) mass is 440 g/mol. The Balaban J connectivity index is 1.42. The third kappa shape index (κ3) is 4.07. The molecule has 2 aliphatic rings. The molecule has 0 saturated carbocycles. The smallest absolute Gasteiger partial charge is 0.260 e. The molecule has 0 spiro atoms. The summed E-state index contributed by atoms with van der Waals surface area (Å²) in [6.07, 6.45) is 4.45. The number of amides is 1. The van der Waals surface area contributed by atoms with Crippen LogP contribution in [0, 0.1) is 0 Å². The van der Waals surface area contributed by atoms with Gasteiger partial charge < -0.3 is 19.1 Å². The first kappa shape index (κ1) is 20.8. The van der Waals surface area contributed by atoms with Crippen LogP contribution in [-0.4, -0.2) is 37.3 Å². The van der Waals surface area contributed by atoms with Crippen molar-refractivity contribution in [3.63, 3.8) is 0 Å². The van der Waals surface area contributed by atoms with E-state index >= 15 is 0 Å². The number of rotatable bonds is 6. The van der Waals surface area contributed by atoms with Crippen LogP contribution >= 0.6 is 0 Å². The summed E-state index contributed by atoms with van der Waals surface area (Å²) in [6, 6.07) is 21.1. The first-order valence-electron chi connectivity index (χ1n) is 10.8. The molecule has 0 saturated heterocycles. The predicted molar refractivity (Wildman–Crippen MR) is 127 cm³/mol. The van der Waals surface area contributed by atoms with E-state index in [1.165, 1.54) is 0 Å². The van der Waals surface area contributed by atoms with Gasteiger partial charge in [-0.15, -0.1) is 0 Å². The van der Waals surface area contributed by atoms with Crippen molar-refractivity contribution >= 4 is 23.4 Å². The molecule has 0 bridgehead atoms. The van der Waals surface area contributed by atoms with E-state index in [4.69, 9.17) is 14.2 Å². The van der Waals surface area contributed by atoms with Crippen LogP contribution in [0.2, 0.25) is 0 Å². The molecule has 0 unspecified atom stereocenters. The Morgan fingerprint density at radius 2 is 1.76 bits per heavy atom. The molecule has 0 radical (unpaired) electrons. The van der Waals surface area contributed by atoms with Crippen LogP contribution in [-0.2, 0) is 6.61 Å². The minimum absolute atomic E-state index is 0.107. The highest BCUT2D eigenvalue weighted by molar-refractivity contribution is 6.05. The molecule has 6 nitrogen and oxygen atoms in total. The average molecular weight is 440 g/mol. The van der Waals surface area contributed by atoms with E-state index in [-0.39, 0.29) is 11.9 Å². The fourth-order valence-electron chi connectivity index (χ4n) is 4.11. The number of fused-ring (bicyclic) bond motifs is 2. The van der Waals surface area contributed by atoms with Crippen LogP contribution < -0.4 is 14.2 Å². The Morgan fingerprint density at radius 1 is 0.970 bits per heavy atom. The van der Waals surface area contributed by atoms with E-state index in [1.54, 1.807) is 31.3 Å². The molecular weight excluding hydrogens is 416 g/mol. The van der Waals surface area contributed by atoms with Gasteiger partial charge in [-0.2, -0.15) is 0 Å². The number of carbonyl (C=O) groups excluding carboxylic acids is 1. The van der Waals surface area contributed by atoms with Crippen molar-refractivity contribution in [2.75, 3.05) is 14.2 Å². The van der Waals surface area contributed by atoms with Crippen molar-refractivity contribution in [2.45, 2.75) is 19.1 Å². The van der Waals surface area contributed by atoms with Gasteiger partial charge >= 0.3 is 0 Å². The zero-order valence-electron chi connectivity index (χ0n) is 18.5. The number of aliphatic imine (C=N–C) groups is 1. The second-order valence-electron chi connectivity index (χ2n) is 7.94. The molecule has 2 heterocycles. The van der Waals surface area contributed by atoms with Crippen molar-refractivity contribution in [3.8, 4) is 17.2 Å². The summed E-state index contributed by atoms with van der Waals surface area (Å²) in [5.41, 5.74) is 4.27. The zero-order valence-corrected chi connectivity index (χ0v) is 18.5. The van der Waals surface area contributed by atoms with Crippen molar-refractivity contribution < 1.29 is 19.0 Å². The minimum atomic E-state index is -0.137. The first-order chi connectivity index (χ1) is 16.2. The molecule has 5 rings (SSSR count). The maximum Gasteiger partial charge on any atom is 0.260 e. The summed E-state index contributed by atoms with van der Waals surface area (Å²) in [7, 11) is 3.22. The van der Waals surface area contributed by atoms with E-state index in [1.807, 2.05) is 67.0 Å². The van der Waals surface area contributed by atoms with Crippen LogP contribution in [0.5, 0.6) is 17.2 Å². The third-order valence-corrected chi connectivity index (χ3v) is 5.91. The summed E-state index contributed by atoms with van der Waals surface area (Å²) in [6.45, 7) is 0.399. The van der Waals surface area contributed by atoms with E-state index in [2.05, 4.69) is 4.99 Å². The predicted octanol–water partition coefficient (Wildman–Crippen LogP) is 5.25. The maximum absolute atomic E-state index is 13.4. The van der Waals surface area contributed by atoms with Crippen LogP contribution in [0.15, 0.2) is 77.9 Å². The molecule has 0 aromatic heterocycles. The van der Waals surface area contributed by atoms with Gasteiger partial charge in [-0.25, -0.2) is 0 Å². The first-order valence-corrected chi connectivity index (χ1v) is 10.8. The molecular formula is C27H24N2O4. The number of hydrogen-bond acceptors (Lipinski definition) is 5. The van der Waals surface area contributed by atoms with Gasteiger partial charge in [0.05, 0.1) is 31.5 Å². The Hall–Kier alpha value is -4.06. The summed E-state index contributed by atoms with van der Waals surface area (Å²) >= 11 is 0. The molecule has 0 aliphatic carbocycles. The molecule has 0 N–H and O–H groups in total. The summed E-state index contributed by atoms with van der Waals surface area (Å²) < 4.78 is 16.8. The molecule has 33 heavy (non-hydrogen) atoms. The maximum atomic E-state index is 13.4. The molecule has 1 amide bonds. The standard InChI is InChI=1S/C27H24N2O4/c1-31-22-10-8-19(9-11-22)20-12-21-15-28-24-14-26(33-17-18-6-4-3-5-7-18)25(32-2)13-23(24)27(30)29(21)16-20/h3-11,13-16,21H,12,17H2,1-2H3/t21-/m0/s1. The largest absolute Gasteiger partial charge is 0.497 e. The lowest BCUT2D eigenvalue weighted by molar-refractivity contribution is 0.0817. The number of benzene rings is 3. The molecule has 6 heteroatoms. The van der Waals surface area contributed by atoms with Crippen LogP contribution in [0.25, 0.3) is 5.57 Å². The highest BCUT2D eigenvalue weighted by Gasteiger charge is 2.33. The lowest BCUT2D eigenvalue weighted by atomic mass is 10.0. The zero-order chi connectivity index (χ0) is 22.8. The average Bonchev–Trinajstić information content (AvgIpc) is 3.25. The number of hydrogen-bond donors (Lipinski definition) is 0. The topological polar surface area (TPSA) is 60.4 Å². The van der Waals surface area contributed by atoms with Gasteiger partial charge in [-0.3, -0.25) is 9.79 Å². The Bertz CT molecular complexity index is 1230. The summed E-state index contributed by atoms with van der Waals surface area (Å²) in [5.74, 6) is 1.76. The molecule has 3 aromatic rings. The van der Waals surface area contributed by atoms with Gasteiger partial charge in [0.2, 0.25) is 0 Å². The second kappa shape index (κ2) is 8.82. The van der Waals surface area contributed by atoms with Crippen LogP contribution in [0.4, 0.5) is 5.69 Å². The van der Waals surface area contributed by atoms with Crippen LogP contribution in [0.1, 0.15) is 27.9 Å². The van der Waals surface area contributed by atoms with Gasteiger partial charge in [0.25, 0.3) is 5.91 Å². The van der Waals surface area contributed by atoms with Gasteiger partial charge in [0.1, 0.15) is 12.4 Å². The molecule has 3 aromatic carbocycles. The second-order valence-corrected chi connectivity index (χ2v) is 7.94. The lowest BCUT2D eigenvalue weighted by Gasteiger charge is -2.19. The fourth-order valence-corrected chi connectivity index (χ4v) is 4.11. The lowest BCUT2D eigenvalue weighted by Crippen LogP contribution is -2.32. The number of methoxy groups -OCH3 is 2. The Kier molecular flexibility index (Phi) is 5.57. The van der Waals surface area contributed by atoms with Gasteiger partial charge in [0.15, 0.2) is 11.5 Å². The SMILES string of the molecule is COc1ccc(C2=CN3C(=O)c4cc(OC)c(OCc5ccccc5)cc4N=C[C@@H]3C2)cc1. The van der Waals surface area contributed by atoms with E-state index in [9.17, 15) is 4.79 Å². The fraction of sp³-hybridized carbons (Fsp3) is 0.185. The van der Waals surface area contributed by atoms with E-state index < -0.39 is 0 Å². The normalized spacial score (nSPS) is 16.5. The molecule has 0 fully saturated rings. The third-order valence-electron chi connectivity index (χ3n) is 5.91. The molecule has 166 valence electrons. The Labute approximate surface area is 192 Å². The quantitative estimate of drug-likeness (QED) is 0.525. The minimum Gasteiger partial charge on any atom is -0.497 e. The number of ether oxygens (including phenoxy) is 3. The molecule has 1 atom stereocenters. The van der Waals surface area contributed by atoms with Gasteiger partial charge in [0, 0.05) is 24.9 Å².